The second kappa shape index (κ2) is 5.33. The van der Waals surface area contributed by atoms with Crippen molar-refractivity contribution in [2.75, 3.05) is 11.9 Å². The molecular weight excluding hydrogens is 252 g/mol. The molecule has 0 radical (unpaired) electrons. The van der Waals surface area contributed by atoms with E-state index >= 15 is 0 Å². The Morgan fingerprint density at radius 2 is 2.20 bits per heavy atom. The van der Waals surface area contributed by atoms with Gasteiger partial charge in [-0.2, -0.15) is 0 Å². The molecule has 4 heteroatoms. The van der Waals surface area contributed by atoms with Gasteiger partial charge in [0.05, 0.1) is 6.61 Å². The van der Waals surface area contributed by atoms with Gasteiger partial charge in [0.2, 0.25) is 0 Å². The highest BCUT2D eigenvalue weighted by molar-refractivity contribution is 6.04. The standard InChI is InChI=1S/C16H16N2O2/c1-11-9-14(6-7-17-11)18-16(19)13-4-5-15-12(10-13)3-2-8-20-15/h4-7,9-10H,2-3,8H2,1H3,(H,17,18,19). The number of aryl methyl sites for hydroxylation is 2. The summed E-state index contributed by atoms with van der Waals surface area (Å²) in [6, 6.07) is 9.22. The number of carbonyl (C=O) groups excluding carboxylic acids is 1. The van der Waals surface area contributed by atoms with Crippen LogP contribution in [-0.2, 0) is 6.42 Å². The lowest BCUT2D eigenvalue weighted by Gasteiger charge is -2.17. The van der Waals surface area contributed by atoms with Crippen molar-refractivity contribution in [3.05, 3.63) is 53.3 Å². The molecule has 102 valence electrons. The normalized spacial score (nSPS) is 13.2. The van der Waals surface area contributed by atoms with E-state index in [4.69, 9.17) is 4.74 Å². The van der Waals surface area contributed by atoms with Crippen molar-refractivity contribution >= 4 is 11.6 Å². The molecule has 1 N–H and O–H groups in total. The van der Waals surface area contributed by atoms with Gasteiger partial charge in [0.15, 0.2) is 0 Å². The fourth-order valence-electron chi connectivity index (χ4n) is 2.33. The first-order valence-corrected chi connectivity index (χ1v) is 6.72. The van der Waals surface area contributed by atoms with E-state index in [0.29, 0.717) is 5.56 Å². The van der Waals surface area contributed by atoms with Gasteiger partial charge in [-0.3, -0.25) is 9.78 Å². The third kappa shape index (κ3) is 2.64. The lowest BCUT2D eigenvalue weighted by molar-refractivity contribution is 0.102. The first kappa shape index (κ1) is 12.7. The zero-order chi connectivity index (χ0) is 13.9. The van der Waals surface area contributed by atoms with Gasteiger partial charge in [-0.05, 0) is 55.7 Å². The number of pyridine rings is 1. The fraction of sp³-hybridized carbons (Fsp3) is 0.250. The number of carbonyl (C=O) groups is 1. The highest BCUT2D eigenvalue weighted by atomic mass is 16.5. The lowest BCUT2D eigenvalue weighted by atomic mass is 10.0. The Bertz CT molecular complexity index is 653. The minimum absolute atomic E-state index is 0.107. The molecule has 1 amide bonds. The second-order valence-corrected chi connectivity index (χ2v) is 4.91. The molecule has 0 spiro atoms. The molecule has 1 aromatic carbocycles. The van der Waals surface area contributed by atoms with Crippen molar-refractivity contribution in [1.29, 1.82) is 0 Å². The predicted octanol–water partition coefficient (Wildman–Crippen LogP) is 2.97. The van der Waals surface area contributed by atoms with E-state index in [0.717, 1.165) is 42.1 Å². The molecule has 0 saturated heterocycles. The number of hydrogen-bond acceptors (Lipinski definition) is 3. The quantitative estimate of drug-likeness (QED) is 0.911. The number of amides is 1. The number of fused-ring (bicyclic) bond motifs is 1. The molecule has 3 rings (SSSR count). The van der Waals surface area contributed by atoms with E-state index in [9.17, 15) is 4.79 Å². The van der Waals surface area contributed by atoms with Crippen LogP contribution in [0.2, 0.25) is 0 Å². The Morgan fingerprint density at radius 1 is 1.30 bits per heavy atom. The monoisotopic (exact) mass is 268 g/mol. The van der Waals surface area contributed by atoms with Crippen molar-refractivity contribution in [3.63, 3.8) is 0 Å². The summed E-state index contributed by atoms with van der Waals surface area (Å²) in [5.74, 6) is 0.788. The number of anilines is 1. The molecule has 2 aromatic rings. The van der Waals surface area contributed by atoms with E-state index in [1.54, 1.807) is 18.3 Å². The van der Waals surface area contributed by atoms with Crippen LogP contribution < -0.4 is 10.1 Å². The molecule has 0 saturated carbocycles. The Balaban J connectivity index is 1.80. The van der Waals surface area contributed by atoms with Gasteiger partial charge in [-0.25, -0.2) is 0 Å². The van der Waals surface area contributed by atoms with Crippen LogP contribution in [0.25, 0.3) is 0 Å². The molecule has 0 bridgehead atoms. The van der Waals surface area contributed by atoms with Gasteiger partial charge in [-0.1, -0.05) is 0 Å². The summed E-state index contributed by atoms with van der Waals surface area (Å²) in [4.78, 5) is 16.3. The van der Waals surface area contributed by atoms with Crippen LogP contribution in [0, 0.1) is 6.92 Å². The van der Waals surface area contributed by atoms with Crippen molar-refractivity contribution in [3.8, 4) is 5.75 Å². The van der Waals surface area contributed by atoms with Crippen LogP contribution in [0.3, 0.4) is 0 Å². The van der Waals surface area contributed by atoms with Crippen LogP contribution in [-0.4, -0.2) is 17.5 Å². The fourth-order valence-corrected chi connectivity index (χ4v) is 2.33. The number of nitrogens with one attached hydrogen (secondary N) is 1. The third-order valence-corrected chi connectivity index (χ3v) is 3.33. The number of benzene rings is 1. The molecule has 0 aliphatic carbocycles. The van der Waals surface area contributed by atoms with Crippen LogP contribution in [0.4, 0.5) is 5.69 Å². The van der Waals surface area contributed by atoms with Gasteiger partial charge >= 0.3 is 0 Å². The van der Waals surface area contributed by atoms with E-state index < -0.39 is 0 Å². The average molecular weight is 268 g/mol. The van der Waals surface area contributed by atoms with Gasteiger partial charge in [0, 0.05) is 23.1 Å². The number of aromatic nitrogens is 1. The smallest absolute Gasteiger partial charge is 0.255 e. The van der Waals surface area contributed by atoms with Crippen LogP contribution in [0.1, 0.15) is 28.0 Å². The van der Waals surface area contributed by atoms with Crippen LogP contribution in [0.5, 0.6) is 5.75 Å². The number of hydrogen-bond donors (Lipinski definition) is 1. The van der Waals surface area contributed by atoms with Crippen LogP contribution >= 0.6 is 0 Å². The van der Waals surface area contributed by atoms with Crippen molar-refractivity contribution in [1.82, 2.24) is 4.98 Å². The second-order valence-electron chi connectivity index (χ2n) is 4.91. The lowest BCUT2D eigenvalue weighted by Crippen LogP contribution is -2.14. The topological polar surface area (TPSA) is 51.2 Å². The van der Waals surface area contributed by atoms with E-state index in [1.807, 2.05) is 25.1 Å². The number of ether oxygens (including phenoxy) is 1. The Hall–Kier alpha value is -2.36. The number of rotatable bonds is 2. The largest absolute Gasteiger partial charge is 0.493 e. The summed E-state index contributed by atoms with van der Waals surface area (Å²) in [5, 5.41) is 2.89. The Morgan fingerprint density at radius 3 is 3.05 bits per heavy atom. The Labute approximate surface area is 117 Å². The highest BCUT2D eigenvalue weighted by Crippen LogP contribution is 2.25. The van der Waals surface area contributed by atoms with Crippen molar-refractivity contribution in [2.24, 2.45) is 0 Å². The summed E-state index contributed by atoms with van der Waals surface area (Å²) >= 11 is 0. The highest BCUT2D eigenvalue weighted by Gasteiger charge is 2.13. The first-order chi connectivity index (χ1) is 9.72. The van der Waals surface area contributed by atoms with E-state index in [2.05, 4.69) is 10.3 Å². The third-order valence-electron chi connectivity index (χ3n) is 3.33. The predicted molar refractivity (Wildman–Crippen MR) is 77.2 cm³/mol. The number of nitrogens with zero attached hydrogens (tertiary/aromatic N) is 1. The summed E-state index contributed by atoms with van der Waals surface area (Å²) in [6.07, 6.45) is 3.65. The van der Waals surface area contributed by atoms with Gasteiger partial charge in [0.25, 0.3) is 5.91 Å². The maximum atomic E-state index is 12.2. The molecule has 20 heavy (non-hydrogen) atoms. The van der Waals surface area contributed by atoms with E-state index in [-0.39, 0.29) is 5.91 Å². The zero-order valence-corrected chi connectivity index (χ0v) is 11.3. The van der Waals surface area contributed by atoms with Crippen LogP contribution in [0.15, 0.2) is 36.5 Å². The molecule has 2 heterocycles. The van der Waals surface area contributed by atoms with Gasteiger partial charge in [0.1, 0.15) is 5.75 Å². The molecule has 0 unspecified atom stereocenters. The first-order valence-electron chi connectivity index (χ1n) is 6.72. The SMILES string of the molecule is Cc1cc(NC(=O)c2ccc3c(c2)CCCO3)ccn1. The summed E-state index contributed by atoms with van der Waals surface area (Å²) in [5.41, 5.74) is 3.40. The molecule has 0 atom stereocenters. The molecule has 1 aromatic heterocycles. The zero-order valence-electron chi connectivity index (χ0n) is 11.3. The minimum atomic E-state index is -0.107. The summed E-state index contributed by atoms with van der Waals surface area (Å²) in [7, 11) is 0. The maximum Gasteiger partial charge on any atom is 0.255 e. The maximum absolute atomic E-state index is 12.2. The van der Waals surface area contributed by atoms with Gasteiger partial charge in [-0.15, -0.1) is 0 Å². The van der Waals surface area contributed by atoms with Crippen molar-refractivity contribution in [2.45, 2.75) is 19.8 Å². The molecular formula is C16H16N2O2. The minimum Gasteiger partial charge on any atom is -0.493 e. The van der Waals surface area contributed by atoms with Gasteiger partial charge < -0.3 is 10.1 Å². The molecule has 1 aliphatic rings. The van der Waals surface area contributed by atoms with Crippen molar-refractivity contribution < 1.29 is 9.53 Å². The molecule has 0 fully saturated rings. The molecule has 1 aliphatic heterocycles. The molecule has 4 nitrogen and oxygen atoms in total. The average Bonchev–Trinajstić information content (AvgIpc) is 2.47. The summed E-state index contributed by atoms with van der Waals surface area (Å²) in [6.45, 7) is 2.65. The van der Waals surface area contributed by atoms with E-state index in [1.165, 1.54) is 0 Å². The Kier molecular flexibility index (Phi) is 3.37. The summed E-state index contributed by atoms with van der Waals surface area (Å²) < 4.78 is 5.55.